The van der Waals surface area contributed by atoms with Gasteiger partial charge in [0.25, 0.3) is 5.91 Å². The number of aromatic hydroxyl groups is 1. The first-order chi connectivity index (χ1) is 56.1. The number of carbonyl (C=O) groups is 16. The van der Waals surface area contributed by atoms with Crippen LogP contribution >= 0.6 is 32.9 Å². The lowest BCUT2D eigenvalue weighted by molar-refractivity contribution is -0.160. The standard InChI is InChI=1S/C77H114N14O24S3/c1-9-17-65(101)114-44-91(73(107)66(46(5)10-2)87-71(106)58-19-12-15-32-90(58)8)59(45(3)4)41-60(115-48(7)92)72-85-57(43-116-72)70(105)82-52(37-49-25-27-53(93)28-26-49)36-47(6)67(102)88-89-77(112)113-33-35-118-117-34-31-78-68(103)55(39-63(97)98)84-69(104)56(40-64(99)100)83-61(94)38-50-21-23-51(24-22-50)42-81-75(110)79-29-13-11-14-30-80-76(111)86-54(74(108)109)18-16-20-62(95)96/h21-28,43,45-47,52,54-56,58-60,66,93H,9-20,29-42,44H2,1-8H3,(H,78,103)(H,82,105)(H,83,94)(H,84,104)(H,87,106)(H,88,102)(H,89,112)(H,95,96)(H,97,98)(H,99,100)(H,108,109)(H2,79,81,110)(H2,80,86,111)/t46?,47-,52+,54-,55-,56-,58+,59+,60+,66-/m0/s1. The van der Waals surface area contributed by atoms with Gasteiger partial charge in [-0.2, -0.15) is 0 Å². The number of phenols is 1. The summed E-state index contributed by atoms with van der Waals surface area (Å²) in [5, 5.41) is 72.2. The average Bonchev–Trinajstić information content (AvgIpc) is 1.00. The highest BCUT2D eigenvalue weighted by Crippen LogP contribution is 2.33. The summed E-state index contributed by atoms with van der Waals surface area (Å²) >= 11 is 1.03. The van der Waals surface area contributed by atoms with Crippen molar-refractivity contribution in [2.45, 2.75) is 219 Å². The molecule has 0 saturated carbocycles. The number of hydrazine groups is 1. The van der Waals surface area contributed by atoms with E-state index in [-0.39, 0.29) is 123 Å². The molecule has 1 aromatic heterocycles. The van der Waals surface area contributed by atoms with Crippen LogP contribution in [0.4, 0.5) is 14.4 Å². The van der Waals surface area contributed by atoms with Gasteiger partial charge < -0.3 is 92.5 Å². The van der Waals surface area contributed by atoms with E-state index in [1.54, 1.807) is 43.3 Å². The number of aliphatic carboxylic acids is 4. The van der Waals surface area contributed by atoms with E-state index in [0.717, 1.165) is 30.7 Å². The smallest absolute Gasteiger partial charge is 0.426 e. The Morgan fingerprint density at radius 3 is 1.92 bits per heavy atom. The van der Waals surface area contributed by atoms with Crippen LogP contribution in [-0.2, 0) is 91.1 Å². The van der Waals surface area contributed by atoms with Crippen LogP contribution in [-0.4, -0.2) is 236 Å². The third-order valence-electron chi connectivity index (χ3n) is 18.8. The number of hydrogen-bond acceptors (Lipinski definition) is 25. The Bertz CT molecular complexity index is 3820. The van der Waals surface area contributed by atoms with E-state index in [0.29, 0.717) is 61.8 Å². The number of unbranched alkanes of at least 4 members (excludes halogenated alkanes) is 2. The van der Waals surface area contributed by atoms with Crippen molar-refractivity contribution in [2.75, 3.05) is 58.1 Å². The Balaban J connectivity index is 1.24. The van der Waals surface area contributed by atoms with Gasteiger partial charge in [-0.25, -0.2) is 29.6 Å². The quantitative estimate of drug-likeness (QED) is 0.00903. The predicted octanol–water partition coefficient (Wildman–Crippen LogP) is 4.77. The average molecular weight is 1720 g/mol. The lowest BCUT2D eigenvalue weighted by Crippen LogP contribution is -2.59. The molecule has 1 saturated heterocycles. The number of rotatable bonds is 53. The lowest BCUT2D eigenvalue weighted by Gasteiger charge is -2.39. The molecule has 12 amide bonds. The maximum Gasteiger partial charge on any atom is 0.426 e. The summed E-state index contributed by atoms with van der Waals surface area (Å²) in [6.45, 7) is 12.7. The molecule has 1 fully saturated rings. The fourth-order valence-electron chi connectivity index (χ4n) is 12.2. The number of amides is 12. The first-order valence-corrected chi connectivity index (χ1v) is 42.5. The molecule has 2 aromatic carbocycles. The molecule has 41 heteroatoms. The number of aromatic nitrogens is 1. The van der Waals surface area contributed by atoms with Crippen LogP contribution in [0.3, 0.4) is 0 Å². The number of esters is 2. The van der Waals surface area contributed by atoms with Gasteiger partial charge in [-0.3, -0.25) is 67.9 Å². The number of carboxylic acid groups (broad SMARTS) is 4. The number of nitrogens with zero attached hydrogens (tertiary/aromatic N) is 3. The van der Waals surface area contributed by atoms with Crippen molar-refractivity contribution in [2.24, 2.45) is 17.8 Å². The van der Waals surface area contributed by atoms with E-state index < -0.39 is 163 Å². The van der Waals surface area contributed by atoms with Gasteiger partial charge in [0.2, 0.25) is 35.4 Å². The zero-order valence-corrected chi connectivity index (χ0v) is 70.1. The third kappa shape index (κ3) is 38.7. The predicted molar refractivity (Wildman–Crippen MR) is 434 cm³/mol. The Kier molecular flexibility index (Phi) is 45.4. The van der Waals surface area contributed by atoms with Gasteiger partial charge >= 0.3 is 54.0 Å². The largest absolute Gasteiger partial charge is 0.508 e. The molecular formula is C77H114N14O24S3. The summed E-state index contributed by atoms with van der Waals surface area (Å²) in [6, 6.07) is 3.77. The zero-order chi connectivity index (χ0) is 87.4. The van der Waals surface area contributed by atoms with Crippen molar-refractivity contribution in [1.29, 1.82) is 0 Å². The number of piperidine rings is 1. The number of nitrogens with one attached hydrogen (secondary N) is 11. The molecule has 2 heterocycles. The molecule has 0 spiro atoms. The molecule has 1 aliphatic heterocycles. The Morgan fingerprint density at radius 2 is 1.30 bits per heavy atom. The van der Waals surface area contributed by atoms with Gasteiger partial charge in [0, 0.05) is 87.3 Å². The fraction of sp³-hybridized carbons (Fsp3) is 0.597. The minimum absolute atomic E-state index is 0.00895. The van der Waals surface area contributed by atoms with Crippen LogP contribution in [0.1, 0.15) is 189 Å². The molecule has 3 aromatic rings. The van der Waals surface area contributed by atoms with Crippen LogP contribution < -0.4 is 58.7 Å². The molecule has 1 aliphatic rings. The second-order valence-corrected chi connectivity index (χ2v) is 32.4. The maximum atomic E-state index is 15.0. The van der Waals surface area contributed by atoms with Crippen LogP contribution in [0.2, 0.25) is 0 Å². The number of urea groups is 2. The van der Waals surface area contributed by atoms with Crippen LogP contribution in [0.5, 0.6) is 5.75 Å². The molecule has 10 atom stereocenters. The third-order valence-corrected chi connectivity index (χ3v) is 22.1. The summed E-state index contributed by atoms with van der Waals surface area (Å²) in [4.78, 5) is 213. The molecule has 38 nitrogen and oxygen atoms in total. The molecule has 0 aliphatic carbocycles. The molecule has 16 N–H and O–H groups in total. The molecule has 654 valence electrons. The summed E-state index contributed by atoms with van der Waals surface area (Å²) in [5.41, 5.74) is 6.21. The summed E-state index contributed by atoms with van der Waals surface area (Å²) < 4.78 is 16.8. The highest BCUT2D eigenvalue weighted by Gasteiger charge is 2.40. The van der Waals surface area contributed by atoms with Crippen LogP contribution in [0.15, 0.2) is 53.9 Å². The number of ether oxygens (including phenoxy) is 3. The highest BCUT2D eigenvalue weighted by atomic mass is 33.1. The normalized spacial score (nSPS) is 14.8. The Hall–Kier alpha value is -10.6. The van der Waals surface area contributed by atoms with E-state index >= 15 is 4.79 Å². The highest BCUT2D eigenvalue weighted by molar-refractivity contribution is 8.76. The van der Waals surface area contributed by atoms with E-state index in [1.807, 2.05) is 46.6 Å². The second-order valence-electron chi connectivity index (χ2n) is 28.8. The molecule has 118 heavy (non-hydrogen) atoms. The van der Waals surface area contributed by atoms with Crippen molar-refractivity contribution < 1.29 is 116 Å². The molecule has 1 unspecified atom stereocenters. The first-order valence-electron chi connectivity index (χ1n) is 39.1. The first kappa shape index (κ1) is 99.8. The number of likely N-dealkylation sites (tertiary alicyclic amines) is 1. The van der Waals surface area contributed by atoms with E-state index in [2.05, 4.69) is 63.7 Å². The number of carbonyl (C=O) groups excluding carboxylic acids is 12. The Labute approximate surface area is 696 Å². The molecule has 4 rings (SSSR count). The minimum Gasteiger partial charge on any atom is -0.508 e. The molecular weight excluding hydrogens is 1600 g/mol. The van der Waals surface area contributed by atoms with E-state index in [4.69, 9.17) is 19.3 Å². The number of hydrogen-bond donors (Lipinski definition) is 16. The lowest BCUT2D eigenvalue weighted by atomic mass is 9.92. The Morgan fingerprint density at radius 1 is 0.653 bits per heavy atom. The van der Waals surface area contributed by atoms with E-state index in [9.17, 15) is 92.3 Å². The van der Waals surface area contributed by atoms with Gasteiger partial charge in [-0.1, -0.05) is 112 Å². The molecule has 0 radical (unpaired) electrons. The second kappa shape index (κ2) is 53.7. The number of likely N-dealkylation sites (N-methyl/N-ethyl adjacent to an activating group) is 1. The van der Waals surface area contributed by atoms with Gasteiger partial charge in [-0.05, 0) is 118 Å². The number of carboxylic acids is 4. The number of thiazole rings is 1. The topological polar surface area (TPSA) is 554 Å². The van der Waals surface area contributed by atoms with Crippen LogP contribution in [0.25, 0.3) is 0 Å². The number of phenolic OH excluding ortho intramolecular Hbond substituents is 1. The summed E-state index contributed by atoms with van der Waals surface area (Å²) in [7, 11) is 4.32. The van der Waals surface area contributed by atoms with E-state index in [1.165, 1.54) is 50.9 Å². The maximum absolute atomic E-state index is 15.0. The number of benzene rings is 2. The van der Waals surface area contributed by atoms with Crippen molar-refractivity contribution in [3.05, 3.63) is 81.3 Å². The monoisotopic (exact) mass is 1710 g/mol. The van der Waals surface area contributed by atoms with Gasteiger partial charge in [0.05, 0.1) is 25.3 Å². The van der Waals surface area contributed by atoms with Gasteiger partial charge in [-0.15, -0.1) is 11.3 Å². The minimum atomic E-state index is -1.73. The molecule has 0 bridgehead atoms. The van der Waals surface area contributed by atoms with Crippen molar-refractivity contribution in [1.82, 2.24) is 73.5 Å². The summed E-state index contributed by atoms with van der Waals surface area (Å²) in [6.07, 6.45) is 0.830. The van der Waals surface area contributed by atoms with Crippen LogP contribution in [0, 0.1) is 17.8 Å². The summed E-state index contributed by atoms with van der Waals surface area (Å²) in [5.74, 6) is -12.6. The van der Waals surface area contributed by atoms with Crippen molar-refractivity contribution >= 4 is 128 Å². The fourth-order valence-corrected chi connectivity index (χ4v) is 14.8. The SMILES string of the molecule is CCCC(=O)OCN(C(=O)[C@@H](NC(=O)[C@H]1CCCCN1C)C(C)CC)[C@H](C[C@@H](OC(C)=O)c1nc(C(=O)N[C@@H](Cc2ccc(O)cc2)C[C@H](C)C(=O)NNC(=O)OCCSSCCNC(=O)[C@H](CC(=O)O)NC(=O)[C@H](CC(=O)O)NC(=O)Cc2ccc(CNC(=O)NCCCCCNC(=O)N[C@@H](CCCC(=O)O)C(=O)O)cc2)cs1)C(C)C. The van der Waals surface area contributed by atoms with Crippen molar-refractivity contribution in [3.8, 4) is 5.75 Å². The van der Waals surface area contributed by atoms with Crippen molar-refractivity contribution in [3.63, 3.8) is 0 Å². The van der Waals surface area contributed by atoms with Gasteiger partial charge in [0.15, 0.2) is 12.8 Å². The zero-order valence-electron chi connectivity index (χ0n) is 67.7. The van der Waals surface area contributed by atoms with Gasteiger partial charge in [0.1, 0.15) is 47.2 Å².